The van der Waals surface area contributed by atoms with Crippen molar-refractivity contribution < 1.29 is 19.1 Å². The third-order valence-electron chi connectivity index (χ3n) is 5.73. The van der Waals surface area contributed by atoms with Gasteiger partial charge in [-0.3, -0.25) is 14.5 Å². The molecule has 0 radical (unpaired) electrons. The topological polar surface area (TPSA) is 79.9 Å². The fraction of sp³-hybridized carbons (Fsp3) is 0.440. The predicted octanol–water partition coefficient (Wildman–Crippen LogP) is 2.76. The highest BCUT2D eigenvalue weighted by Crippen LogP contribution is 2.24. The minimum absolute atomic E-state index is 0.0346. The number of nitrogens with zero attached hydrogens (tertiary/aromatic N) is 1. The number of hydrogen-bond donors (Lipinski definition) is 2. The third kappa shape index (κ3) is 6.80. The van der Waals surface area contributed by atoms with Crippen molar-refractivity contribution >= 4 is 11.8 Å². The lowest BCUT2D eigenvalue weighted by atomic mass is 10.0. The smallest absolute Gasteiger partial charge is 0.222 e. The summed E-state index contributed by atoms with van der Waals surface area (Å²) in [4.78, 5) is 26.9. The molecule has 1 saturated heterocycles. The van der Waals surface area contributed by atoms with E-state index in [9.17, 15) is 9.59 Å². The molecule has 2 aromatic rings. The van der Waals surface area contributed by atoms with E-state index >= 15 is 0 Å². The van der Waals surface area contributed by atoms with Crippen LogP contribution in [0.15, 0.2) is 48.5 Å². The Morgan fingerprint density at radius 1 is 1.03 bits per heavy atom. The van der Waals surface area contributed by atoms with Crippen molar-refractivity contribution in [2.75, 3.05) is 40.0 Å². The lowest BCUT2D eigenvalue weighted by Crippen LogP contribution is -2.44. The number of methoxy groups -OCH3 is 1. The number of rotatable bonds is 9. The van der Waals surface area contributed by atoms with Crippen molar-refractivity contribution in [3.05, 3.63) is 65.2 Å². The van der Waals surface area contributed by atoms with E-state index in [4.69, 9.17) is 9.47 Å². The molecule has 172 valence electrons. The molecule has 7 heteroatoms. The Morgan fingerprint density at radius 3 is 2.25 bits per heavy atom. The maximum absolute atomic E-state index is 12.9. The van der Waals surface area contributed by atoms with Gasteiger partial charge in [0, 0.05) is 26.6 Å². The molecule has 2 amide bonds. The highest BCUT2D eigenvalue weighted by molar-refractivity contribution is 5.79. The summed E-state index contributed by atoms with van der Waals surface area (Å²) >= 11 is 0. The molecular formula is C25H33N3O4. The van der Waals surface area contributed by atoms with Crippen molar-refractivity contribution in [1.82, 2.24) is 15.5 Å². The van der Waals surface area contributed by atoms with Crippen molar-refractivity contribution in [3.8, 4) is 5.75 Å². The second-order valence-corrected chi connectivity index (χ2v) is 8.11. The van der Waals surface area contributed by atoms with Gasteiger partial charge in [0.25, 0.3) is 0 Å². The standard InChI is InChI=1S/C25H33N3O4/c1-18-4-6-20(7-5-18)23(27-19(2)29)16-25(30)26-17-24(28-12-14-32-15-13-28)21-8-10-22(31-3)11-9-21/h4-11,23-24H,12-17H2,1-3H3,(H,26,30)(H,27,29). The zero-order valence-corrected chi connectivity index (χ0v) is 19.1. The summed E-state index contributed by atoms with van der Waals surface area (Å²) in [5.41, 5.74) is 3.17. The number of carbonyl (C=O) groups excluding carboxylic acids is 2. The van der Waals surface area contributed by atoms with Crippen LogP contribution in [0.1, 0.15) is 42.1 Å². The summed E-state index contributed by atoms with van der Waals surface area (Å²) < 4.78 is 10.8. The van der Waals surface area contributed by atoms with E-state index in [-0.39, 0.29) is 30.3 Å². The molecule has 1 aliphatic rings. The van der Waals surface area contributed by atoms with E-state index < -0.39 is 0 Å². The molecule has 2 unspecified atom stereocenters. The SMILES string of the molecule is COc1ccc(C(CNC(=O)CC(NC(C)=O)c2ccc(C)cc2)N2CCOCC2)cc1. The number of aryl methyl sites for hydroxylation is 1. The van der Waals surface area contributed by atoms with Crippen LogP contribution >= 0.6 is 0 Å². The van der Waals surface area contributed by atoms with Gasteiger partial charge in [0.05, 0.1) is 38.8 Å². The van der Waals surface area contributed by atoms with Crippen LogP contribution in [-0.4, -0.2) is 56.7 Å². The second-order valence-electron chi connectivity index (χ2n) is 8.11. The zero-order valence-electron chi connectivity index (χ0n) is 19.1. The molecule has 2 N–H and O–H groups in total. The number of ether oxygens (including phenoxy) is 2. The minimum Gasteiger partial charge on any atom is -0.497 e. The normalized spacial score (nSPS) is 16.1. The Bertz CT molecular complexity index is 877. The lowest BCUT2D eigenvalue weighted by molar-refractivity contribution is -0.123. The van der Waals surface area contributed by atoms with Crippen LogP contribution in [0, 0.1) is 6.92 Å². The number of carbonyl (C=O) groups is 2. The first-order chi connectivity index (χ1) is 15.5. The molecule has 0 aromatic heterocycles. The van der Waals surface area contributed by atoms with Crippen molar-refractivity contribution in [3.63, 3.8) is 0 Å². The van der Waals surface area contributed by atoms with Crippen LogP contribution in [0.4, 0.5) is 0 Å². The molecule has 2 aromatic carbocycles. The van der Waals surface area contributed by atoms with E-state index in [0.29, 0.717) is 19.8 Å². The van der Waals surface area contributed by atoms with Gasteiger partial charge in [-0.1, -0.05) is 42.0 Å². The Hall–Kier alpha value is -2.90. The summed E-state index contributed by atoms with van der Waals surface area (Å²) in [5, 5.41) is 5.99. The Labute approximate surface area is 190 Å². The van der Waals surface area contributed by atoms with Crippen LogP contribution < -0.4 is 15.4 Å². The molecule has 0 aliphatic carbocycles. The highest BCUT2D eigenvalue weighted by atomic mass is 16.5. The second kappa shape index (κ2) is 11.6. The first kappa shape index (κ1) is 23.8. The van der Waals surface area contributed by atoms with Gasteiger partial charge in [0.2, 0.25) is 11.8 Å². The molecule has 1 aliphatic heterocycles. The van der Waals surface area contributed by atoms with Gasteiger partial charge >= 0.3 is 0 Å². The number of amides is 2. The van der Waals surface area contributed by atoms with Gasteiger partial charge in [-0.15, -0.1) is 0 Å². The fourth-order valence-corrected chi connectivity index (χ4v) is 3.94. The summed E-state index contributed by atoms with van der Waals surface area (Å²) in [6, 6.07) is 15.5. The highest BCUT2D eigenvalue weighted by Gasteiger charge is 2.24. The minimum atomic E-state index is -0.365. The van der Waals surface area contributed by atoms with E-state index in [1.807, 2.05) is 55.5 Å². The van der Waals surface area contributed by atoms with Crippen LogP contribution in [0.5, 0.6) is 5.75 Å². The molecule has 7 nitrogen and oxygen atoms in total. The molecule has 2 atom stereocenters. The molecule has 3 rings (SSSR count). The fourth-order valence-electron chi connectivity index (χ4n) is 3.94. The molecular weight excluding hydrogens is 406 g/mol. The molecule has 1 heterocycles. The van der Waals surface area contributed by atoms with E-state index in [1.54, 1.807) is 7.11 Å². The van der Waals surface area contributed by atoms with Gasteiger partial charge in [-0.2, -0.15) is 0 Å². The van der Waals surface area contributed by atoms with Crippen molar-refractivity contribution in [1.29, 1.82) is 0 Å². The maximum atomic E-state index is 12.9. The predicted molar refractivity (Wildman–Crippen MR) is 123 cm³/mol. The Morgan fingerprint density at radius 2 is 1.66 bits per heavy atom. The average molecular weight is 440 g/mol. The molecule has 0 bridgehead atoms. The van der Waals surface area contributed by atoms with Gasteiger partial charge in [-0.25, -0.2) is 0 Å². The zero-order chi connectivity index (χ0) is 22.9. The quantitative estimate of drug-likeness (QED) is 0.628. The Kier molecular flexibility index (Phi) is 8.64. The summed E-state index contributed by atoms with van der Waals surface area (Å²) in [6.45, 7) is 6.93. The van der Waals surface area contributed by atoms with Crippen LogP contribution in [-0.2, 0) is 14.3 Å². The first-order valence-electron chi connectivity index (χ1n) is 11.0. The number of nitrogens with one attached hydrogen (secondary N) is 2. The number of morpholine rings is 1. The molecule has 0 spiro atoms. The average Bonchev–Trinajstić information content (AvgIpc) is 2.80. The summed E-state index contributed by atoms with van der Waals surface area (Å²) in [5.74, 6) is 0.540. The molecule has 0 saturated carbocycles. The lowest BCUT2D eigenvalue weighted by Gasteiger charge is -2.35. The summed E-state index contributed by atoms with van der Waals surface area (Å²) in [7, 11) is 1.65. The van der Waals surface area contributed by atoms with Gasteiger partial charge in [0.1, 0.15) is 5.75 Å². The molecule has 32 heavy (non-hydrogen) atoms. The largest absolute Gasteiger partial charge is 0.497 e. The van der Waals surface area contributed by atoms with Crippen LogP contribution in [0.2, 0.25) is 0 Å². The van der Waals surface area contributed by atoms with Gasteiger partial charge in [-0.05, 0) is 30.2 Å². The van der Waals surface area contributed by atoms with E-state index in [0.717, 1.165) is 35.5 Å². The molecule has 1 fully saturated rings. The van der Waals surface area contributed by atoms with Gasteiger partial charge in [0.15, 0.2) is 0 Å². The van der Waals surface area contributed by atoms with Gasteiger partial charge < -0.3 is 20.1 Å². The first-order valence-corrected chi connectivity index (χ1v) is 11.0. The number of hydrogen-bond acceptors (Lipinski definition) is 5. The van der Waals surface area contributed by atoms with E-state index in [2.05, 4.69) is 15.5 Å². The third-order valence-corrected chi connectivity index (χ3v) is 5.73. The Balaban J connectivity index is 1.68. The van der Waals surface area contributed by atoms with Crippen LogP contribution in [0.3, 0.4) is 0 Å². The van der Waals surface area contributed by atoms with Crippen LogP contribution in [0.25, 0.3) is 0 Å². The number of benzene rings is 2. The monoisotopic (exact) mass is 439 g/mol. The van der Waals surface area contributed by atoms with Crippen molar-refractivity contribution in [2.24, 2.45) is 0 Å². The maximum Gasteiger partial charge on any atom is 0.222 e. The van der Waals surface area contributed by atoms with E-state index in [1.165, 1.54) is 6.92 Å². The summed E-state index contributed by atoms with van der Waals surface area (Å²) in [6.07, 6.45) is 0.182. The van der Waals surface area contributed by atoms with Crippen molar-refractivity contribution in [2.45, 2.75) is 32.4 Å².